The lowest BCUT2D eigenvalue weighted by atomic mass is 9.98. The van der Waals surface area contributed by atoms with Gasteiger partial charge in [-0.05, 0) is 40.3 Å². The van der Waals surface area contributed by atoms with Gasteiger partial charge in [-0.2, -0.15) is 0 Å². The van der Waals surface area contributed by atoms with E-state index in [0.717, 1.165) is 22.3 Å². The molecule has 0 spiro atoms. The largest absolute Gasteiger partial charge is 0.481 e. The topological polar surface area (TPSA) is 88.5 Å². The number of nitrogens with one attached hydrogen (secondary N) is 1. The number of fused-ring (bicyclic) bond motifs is 3. The number of halogens is 1. The number of hydrogen-bond acceptors (Lipinski definition) is 4. The first-order valence-corrected chi connectivity index (χ1v) is 9.89. The minimum Gasteiger partial charge on any atom is -0.481 e. The summed E-state index contributed by atoms with van der Waals surface area (Å²) in [5, 5.41) is 11.9. The molecule has 1 aromatic heterocycles. The number of benzene rings is 2. The number of aryl methyl sites for hydroxylation is 1. The molecule has 0 atom stereocenters. The summed E-state index contributed by atoms with van der Waals surface area (Å²) in [4.78, 5) is 27.4. The molecule has 0 saturated carbocycles. The lowest BCUT2D eigenvalue weighted by molar-refractivity contribution is -0.136. The first kappa shape index (κ1) is 19.9. The number of rotatable bonds is 6. The van der Waals surface area contributed by atoms with Crippen LogP contribution in [0.3, 0.4) is 0 Å². The van der Waals surface area contributed by atoms with E-state index >= 15 is 0 Å². The number of carboxylic acids is 1. The van der Waals surface area contributed by atoms with Crippen molar-refractivity contribution in [3.8, 4) is 11.1 Å². The first-order valence-electron chi connectivity index (χ1n) is 9.51. The van der Waals surface area contributed by atoms with E-state index in [1.54, 1.807) is 6.07 Å². The van der Waals surface area contributed by atoms with Crippen LogP contribution >= 0.6 is 11.6 Å². The van der Waals surface area contributed by atoms with Gasteiger partial charge in [0.05, 0.1) is 5.02 Å². The van der Waals surface area contributed by atoms with E-state index < -0.39 is 12.1 Å². The number of nitrogens with zero attached hydrogens (tertiary/aromatic N) is 1. The Hall–Kier alpha value is -3.38. The Morgan fingerprint density at radius 3 is 2.33 bits per heavy atom. The SMILES string of the molecule is O=C(O)CCc1cc(Cl)cnc1NC(=O)OCC1c2ccccc2-c2ccccc21. The Labute approximate surface area is 178 Å². The van der Waals surface area contributed by atoms with Crippen molar-refractivity contribution >= 4 is 29.5 Å². The monoisotopic (exact) mass is 422 g/mol. The van der Waals surface area contributed by atoms with E-state index in [-0.39, 0.29) is 31.2 Å². The Morgan fingerprint density at radius 2 is 1.70 bits per heavy atom. The van der Waals surface area contributed by atoms with Gasteiger partial charge in [0.25, 0.3) is 0 Å². The second kappa shape index (κ2) is 8.55. The Morgan fingerprint density at radius 1 is 1.07 bits per heavy atom. The number of carbonyl (C=O) groups excluding carboxylic acids is 1. The van der Waals surface area contributed by atoms with Gasteiger partial charge in [-0.1, -0.05) is 60.1 Å². The Bertz CT molecular complexity index is 1070. The van der Waals surface area contributed by atoms with Crippen LogP contribution in [-0.4, -0.2) is 28.8 Å². The molecule has 0 bridgehead atoms. The van der Waals surface area contributed by atoms with Gasteiger partial charge in [-0.15, -0.1) is 0 Å². The molecule has 4 rings (SSSR count). The molecule has 30 heavy (non-hydrogen) atoms. The van der Waals surface area contributed by atoms with Crippen LogP contribution in [-0.2, 0) is 16.0 Å². The van der Waals surface area contributed by atoms with Crippen LogP contribution < -0.4 is 5.32 Å². The number of anilines is 1. The van der Waals surface area contributed by atoms with E-state index in [0.29, 0.717) is 10.6 Å². The second-order valence-electron chi connectivity index (χ2n) is 7.01. The summed E-state index contributed by atoms with van der Waals surface area (Å²) in [6.07, 6.45) is 0.844. The summed E-state index contributed by atoms with van der Waals surface area (Å²) in [5.41, 5.74) is 5.09. The van der Waals surface area contributed by atoms with Gasteiger partial charge in [0, 0.05) is 18.5 Å². The molecule has 1 heterocycles. The zero-order chi connectivity index (χ0) is 21.1. The standard InChI is InChI=1S/C23H19ClN2O4/c24-15-11-14(9-10-21(27)28)22(25-12-15)26-23(29)30-13-20-18-7-3-1-5-16(18)17-6-2-4-8-19(17)20/h1-8,11-12,20H,9-10,13H2,(H,27,28)(H,25,26,29). The van der Waals surface area contributed by atoms with Gasteiger partial charge >= 0.3 is 12.1 Å². The average molecular weight is 423 g/mol. The number of amides is 1. The third kappa shape index (κ3) is 4.14. The maximum atomic E-state index is 12.4. The highest BCUT2D eigenvalue weighted by Gasteiger charge is 2.29. The summed E-state index contributed by atoms with van der Waals surface area (Å²) < 4.78 is 5.52. The van der Waals surface area contributed by atoms with Gasteiger partial charge in [-0.3, -0.25) is 10.1 Å². The zero-order valence-electron chi connectivity index (χ0n) is 16.0. The van der Waals surface area contributed by atoms with Gasteiger partial charge < -0.3 is 9.84 Å². The van der Waals surface area contributed by atoms with Crippen molar-refractivity contribution < 1.29 is 19.4 Å². The highest BCUT2D eigenvalue weighted by molar-refractivity contribution is 6.30. The summed E-state index contributed by atoms with van der Waals surface area (Å²) in [6, 6.07) is 17.8. The molecule has 2 N–H and O–H groups in total. The van der Waals surface area contributed by atoms with Crippen LogP contribution in [0.1, 0.15) is 29.0 Å². The fourth-order valence-corrected chi connectivity index (χ4v) is 3.94. The van der Waals surface area contributed by atoms with Crippen molar-refractivity contribution in [1.29, 1.82) is 0 Å². The summed E-state index contributed by atoms with van der Waals surface area (Å²) in [6.45, 7) is 0.178. The quantitative estimate of drug-likeness (QED) is 0.576. The Kier molecular flexibility index (Phi) is 5.68. The lowest BCUT2D eigenvalue weighted by Gasteiger charge is -2.15. The Balaban J connectivity index is 1.47. The maximum absolute atomic E-state index is 12.4. The highest BCUT2D eigenvalue weighted by Crippen LogP contribution is 2.44. The minimum absolute atomic E-state index is 0.0483. The minimum atomic E-state index is -0.943. The van der Waals surface area contributed by atoms with Crippen LogP contribution in [0.2, 0.25) is 5.02 Å². The van der Waals surface area contributed by atoms with Crippen LogP contribution in [0, 0.1) is 0 Å². The molecule has 0 saturated heterocycles. The molecule has 3 aromatic rings. The molecular formula is C23H19ClN2O4. The number of hydrogen-bond donors (Lipinski definition) is 2. The van der Waals surface area contributed by atoms with E-state index in [1.807, 2.05) is 36.4 Å². The first-order chi connectivity index (χ1) is 14.5. The van der Waals surface area contributed by atoms with Gasteiger partial charge in [0.2, 0.25) is 0 Å². The summed E-state index contributed by atoms with van der Waals surface area (Å²) >= 11 is 5.96. The van der Waals surface area contributed by atoms with Crippen molar-refractivity contribution in [3.05, 3.63) is 82.5 Å². The van der Waals surface area contributed by atoms with Crippen molar-refractivity contribution in [2.24, 2.45) is 0 Å². The number of pyridine rings is 1. The molecule has 1 aliphatic carbocycles. The van der Waals surface area contributed by atoms with Crippen LogP contribution in [0.5, 0.6) is 0 Å². The normalized spacial score (nSPS) is 12.2. The molecule has 6 nitrogen and oxygen atoms in total. The van der Waals surface area contributed by atoms with Crippen molar-refractivity contribution in [3.63, 3.8) is 0 Å². The third-order valence-electron chi connectivity index (χ3n) is 5.11. The van der Waals surface area contributed by atoms with E-state index in [1.165, 1.54) is 6.20 Å². The van der Waals surface area contributed by atoms with Crippen molar-refractivity contribution in [1.82, 2.24) is 4.98 Å². The number of aromatic nitrogens is 1. The smallest absolute Gasteiger partial charge is 0.412 e. The van der Waals surface area contributed by atoms with E-state index in [2.05, 4.69) is 22.4 Å². The number of aliphatic carboxylic acids is 1. The summed E-state index contributed by atoms with van der Waals surface area (Å²) in [7, 11) is 0. The second-order valence-corrected chi connectivity index (χ2v) is 7.44. The number of carbonyl (C=O) groups is 2. The molecule has 1 amide bonds. The van der Waals surface area contributed by atoms with Crippen LogP contribution in [0.4, 0.5) is 10.6 Å². The number of ether oxygens (including phenoxy) is 1. The molecule has 0 fully saturated rings. The van der Waals surface area contributed by atoms with Gasteiger partial charge in [0.1, 0.15) is 12.4 Å². The van der Waals surface area contributed by atoms with Gasteiger partial charge in [0.15, 0.2) is 0 Å². The molecule has 7 heteroatoms. The molecule has 152 valence electrons. The van der Waals surface area contributed by atoms with Crippen LogP contribution in [0.25, 0.3) is 11.1 Å². The fourth-order valence-electron chi connectivity index (χ4n) is 3.76. The average Bonchev–Trinajstić information content (AvgIpc) is 3.06. The molecule has 1 aliphatic rings. The molecule has 0 unspecified atom stereocenters. The third-order valence-corrected chi connectivity index (χ3v) is 5.31. The molecule has 0 radical (unpaired) electrons. The van der Waals surface area contributed by atoms with Crippen molar-refractivity contribution in [2.75, 3.05) is 11.9 Å². The predicted octanol–water partition coefficient (Wildman–Crippen LogP) is 5.11. The maximum Gasteiger partial charge on any atom is 0.412 e. The predicted molar refractivity (Wildman–Crippen MR) is 114 cm³/mol. The molecule has 0 aliphatic heterocycles. The fraction of sp³-hybridized carbons (Fsp3) is 0.174. The van der Waals surface area contributed by atoms with E-state index in [9.17, 15) is 9.59 Å². The van der Waals surface area contributed by atoms with E-state index in [4.69, 9.17) is 21.4 Å². The molecular weight excluding hydrogens is 404 g/mol. The van der Waals surface area contributed by atoms with Crippen molar-refractivity contribution in [2.45, 2.75) is 18.8 Å². The number of carboxylic acid groups (broad SMARTS) is 1. The summed E-state index contributed by atoms with van der Waals surface area (Å²) in [5.74, 6) is -0.743. The molecule has 2 aromatic carbocycles. The highest BCUT2D eigenvalue weighted by atomic mass is 35.5. The lowest BCUT2D eigenvalue weighted by Crippen LogP contribution is -2.19. The zero-order valence-corrected chi connectivity index (χ0v) is 16.7. The van der Waals surface area contributed by atoms with Gasteiger partial charge in [-0.25, -0.2) is 9.78 Å². The van der Waals surface area contributed by atoms with Crippen LogP contribution in [0.15, 0.2) is 60.8 Å².